The first-order chi connectivity index (χ1) is 14.8. The second-order valence-electron chi connectivity index (χ2n) is 6.97. The van der Waals surface area contributed by atoms with Crippen molar-refractivity contribution in [1.29, 1.82) is 0 Å². The number of amides is 1. The number of hydrogen-bond donors (Lipinski definition) is 1. The average molecular weight is 441 g/mol. The van der Waals surface area contributed by atoms with Gasteiger partial charge in [-0.2, -0.15) is 0 Å². The molecule has 8 nitrogen and oxygen atoms in total. The summed E-state index contributed by atoms with van der Waals surface area (Å²) in [7, 11) is -1.73. The maximum absolute atomic E-state index is 12.5. The van der Waals surface area contributed by atoms with Crippen molar-refractivity contribution in [2.45, 2.75) is 6.04 Å². The zero-order chi connectivity index (χ0) is 22.0. The molecule has 0 aliphatic carbocycles. The van der Waals surface area contributed by atoms with Gasteiger partial charge in [0.05, 0.1) is 24.5 Å². The first-order valence-electron chi connectivity index (χ1n) is 9.39. The fourth-order valence-electron chi connectivity index (χ4n) is 3.27. The number of nitrogens with one attached hydrogen (secondary N) is 1. The van der Waals surface area contributed by atoms with Crippen LogP contribution >= 0.6 is 0 Å². The summed E-state index contributed by atoms with van der Waals surface area (Å²) in [4.78, 5) is 24.4. The highest BCUT2D eigenvalue weighted by Gasteiger charge is 2.23. The van der Waals surface area contributed by atoms with Crippen LogP contribution in [0, 0.1) is 0 Å². The minimum absolute atomic E-state index is 0.145. The molecule has 1 aromatic heterocycles. The molecule has 0 saturated carbocycles. The third-order valence-electron chi connectivity index (χ3n) is 4.76. The number of hydrogen-bond acceptors (Lipinski definition) is 7. The lowest BCUT2D eigenvalue weighted by Gasteiger charge is -2.11. The smallest absolute Gasteiger partial charge is 0.344 e. The highest BCUT2D eigenvalue weighted by molar-refractivity contribution is 7.94. The van der Waals surface area contributed by atoms with E-state index in [1.54, 1.807) is 36.4 Å². The van der Waals surface area contributed by atoms with Gasteiger partial charge in [-0.05, 0) is 35.9 Å². The second kappa shape index (κ2) is 8.27. The first-order valence-corrected chi connectivity index (χ1v) is 11.1. The molecule has 2 heterocycles. The molecule has 0 saturated heterocycles. The van der Waals surface area contributed by atoms with Crippen molar-refractivity contribution < 1.29 is 27.1 Å². The largest absolute Gasteiger partial charge is 0.493 e. The van der Waals surface area contributed by atoms with E-state index in [-0.39, 0.29) is 12.4 Å². The van der Waals surface area contributed by atoms with Gasteiger partial charge >= 0.3 is 5.63 Å². The standard InChI is InChI=1S/C22H19NO7S/c1-28-19-4-2-3-15-11-18(22(25)30-21(15)19)14-5-7-17(8-6-14)29-12-20(24)23-16-9-10-31(26,27)13-16/h2-11,16H,12-13H2,1H3,(H,23,24)/t16-/m0/s1. The normalized spacial score (nSPS) is 16.9. The Morgan fingerprint density at radius 2 is 1.97 bits per heavy atom. The van der Waals surface area contributed by atoms with E-state index in [0.29, 0.717) is 28.2 Å². The van der Waals surface area contributed by atoms with Crippen LogP contribution in [0.1, 0.15) is 0 Å². The first kappa shape index (κ1) is 20.7. The molecule has 0 spiro atoms. The summed E-state index contributed by atoms with van der Waals surface area (Å²) >= 11 is 0. The predicted molar refractivity (Wildman–Crippen MR) is 115 cm³/mol. The van der Waals surface area contributed by atoms with Crippen molar-refractivity contribution in [2.24, 2.45) is 0 Å². The molecule has 2 aromatic carbocycles. The molecule has 1 aliphatic heterocycles. The van der Waals surface area contributed by atoms with Crippen molar-refractivity contribution in [3.63, 3.8) is 0 Å². The van der Waals surface area contributed by atoms with Crippen LogP contribution in [-0.4, -0.2) is 39.8 Å². The molecule has 4 rings (SSSR count). The van der Waals surface area contributed by atoms with E-state index >= 15 is 0 Å². The minimum Gasteiger partial charge on any atom is -0.493 e. The van der Waals surface area contributed by atoms with Crippen LogP contribution in [-0.2, 0) is 14.6 Å². The number of methoxy groups -OCH3 is 1. The molecule has 1 aliphatic rings. The van der Waals surface area contributed by atoms with E-state index in [4.69, 9.17) is 13.9 Å². The van der Waals surface area contributed by atoms with Crippen LogP contribution in [0.3, 0.4) is 0 Å². The van der Waals surface area contributed by atoms with E-state index in [0.717, 1.165) is 10.8 Å². The van der Waals surface area contributed by atoms with Gasteiger partial charge in [-0.1, -0.05) is 24.3 Å². The number of rotatable bonds is 6. The van der Waals surface area contributed by atoms with Crippen LogP contribution in [0.5, 0.6) is 11.5 Å². The van der Waals surface area contributed by atoms with Crippen molar-refractivity contribution in [1.82, 2.24) is 5.32 Å². The topological polar surface area (TPSA) is 112 Å². The minimum atomic E-state index is -3.24. The van der Waals surface area contributed by atoms with Crippen LogP contribution in [0.4, 0.5) is 0 Å². The second-order valence-corrected chi connectivity index (χ2v) is 8.90. The number of sulfone groups is 1. The summed E-state index contributed by atoms with van der Waals surface area (Å²) in [5, 5.41) is 4.41. The lowest BCUT2D eigenvalue weighted by Crippen LogP contribution is -2.38. The van der Waals surface area contributed by atoms with Crippen LogP contribution in [0.15, 0.2) is 69.2 Å². The Kier molecular flexibility index (Phi) is 5.51. The van der Waals surface area contributed by atoms with Gasteiger partial charge in [0, 0.05) is 10.8 Å². The number of carbonyl (C=O) groups is 1. The van der Waals surface area contributed by atoms with E-state index in [1.807, 2.05) is 12.1 Å². The molecule has 31 heavy (non-hydrogen) atoms. The van der Waals surface area contributed by atoms with E-state index in [1.165, 1.54) is 13.2 Å². The summed E-state index contributed by atoms with van der Waals surface area (Å²) in [6, 6.07) is 13.2. The van der Waals surface area contributed by atoms with E-state index < -0.39 is 27.4 Å². The van der Waals surface area contributed by atoms with Crippen molar-refractivity contribution in [2.75, 3.05) is 19.5 Å². The lowest BCUT2D eigenvalue weighted by atomic mass is 10.1. The van der Waals surface area contributed by atoms with Gasteiger partial charge < -0.3 is 19.2 Å². The fraction of sp³-hybridized carbons (Fsp3) is 0.182. The molecule has 1 N–H and O–H groups in total. The summed E-state index contributed by atoms with van der Waals surface area (Å²) in [5.41, 5.74) is 0.912. The van der Waals surface area contributed by atoms with Gasteiger partial charge in [-0.25, -0.2) is 13.2 Å². The van der Waals surface area contributed by atoms with Gasteiger partial charge in [-0.15, -0.1) is 0 Å². The molecule has 1 atom stereocenters. The molecule has 0 bridgehead atoms. The van der Waals surface area contributed by atoms with Gasteiger partial charge in [-0.3, -0.25) is 4.79 Å². The Hall–Kier alpha value is -3.59. The Morgan fingerprint density at radius 1 is 1.19 bits per heavy atom. The number of para-hydroxylation sites is 1. The summed E-state index contributed by atoms with van der Waals surface area (Å²) in [6.45, 7) is -0.262. The molecule has 0 fully saturated rings. The van der Waals surface area contributed by atoms with Crippen LogP contribution in [0.2, 0.25) is 0 Å². The number of fused-ring (bicyclic) bond motifs is 1. The number of carbonyl (C=O) groups excluding carboxylic acids is 1. The summed E-state index contributed by atoms with van der Waals surface area (Å²) in [5.74, 6) is 0.336. The van der Waals surface area contributed by atoms with Gasteiger partial charge in [0.1, 0.15) is 5.75 Å². The summed E-state index contributed by atoms with van der Waals surface area (Å²) in [6.07, 6.45) is 1.44. The fourth-order valence-corrected chi connectivity index (χ4v) is 4.51. The molecule has 9 heteroatoms. The molecule has 1 amide bonds. The predicted octanol–water partition coefficient (Wildman–Crippen LogP) is 2.27. The van der Waals surface area contributed by atoms with Crippen molar-refractivity contribution in [3.8, 4) is 22.6 Å². The molecule has 0 unspecified atom stereocenters. The van der Waals surface area contributed by atoms with E-state index in [9.17, 15) is 18.0 Å². The van der Waals surface area contributed by atoms with Crippen molar-refractivity contribution in [3.05, 3.63) is 70.4 Å². The molecular weight excluding hydrogens is 422 g/mol. The van der Waals surface area contributed by atoms with Gasteiger partial charge in [0.25, 0.3) is 5.91 Å². The molecule has 3 aromatic rings. The zero-order valence-electron chi connectivity index (χ0n) is 16.5. The SMILES string of the molecule is COc1cccc2cc(-c3ccc(OCC(=O)N[C@H]4C=CS(=O)(=O)C4)cc3)c(=O)oc12. The van der Waals surface area contributed by atoms with Crippen LogP contribution in [0.25, 0.3) is 22.1 Å². The van der Waals surface area contributed by atoms with E-state index in [2.05, 4.69) is 5.32 Å². The number of benzene rings is 2. The molecule has 0 radical (unpaired) electrons. The quantitative estimate of drug-likeness (QED) is 0.584. The summed E-state index contributed by atoms with van der Waals surface area (Å²) < 4.78 is 38.9. The van der Waals surface area contributed by atoms with Crippen LogP contribution < -0.4 is 20.4 Å². The maximum Gasteiger partial charge on any atom is 0.344 e. The number of ether oxygens (including phenoxy) is 2. The Morgan fingerprint density at radius 3 is 2.65 bits per heavy atom. The third-order valence-corrected chi connectivity index (χ3v) is 6.15. The Labute approximate surface area is 178 Å². The lowest BCUT2D eigenvalue weighted by molar-refractivity contribution is -0.123. The average Bonchev–Trinajstić information content (AvgIpc) is 3.09. The van der Waals surface area contributed by atoms with Gasteiger partial charge in [0.15, 0.2) is 27.8 Å². The highest BCUT2D eigenvalue weighted by atomic mass is 32.2. The molecular formula is C22H19NO7S. The van der Waals surface area contributed by atoms with Crippen molar-refractivity contribution >= 4 is 26.7 Å². The highest BCUT2D eigenvalue weighted by Crippen LogP contribution is 2.28. The third kappa shape index (κ3) is 4.61. The monoisotopic (exact) mass is 441 g/mol. The maximum atomic E-state index is 12.5. The zero-order valence-corrected chi connectivity index (χ0v) is 17.3. The Bertz CT molecular complexity index is 1320. The molecule has 160 valence electrons. The van der Waals surface area contributed by atoms with Gasteiger partial charge in [0.2, 0.25) is 0 Å². The Balaban J connectivity index is 1.44.